The van der Waals surface area contributed by atoms with Gasteiger partial charge in [-0.25, -0.2) is 0 Å². The fourth-order valence-corrected chi connectivity index (χ4v) is 5.61. The van der Waals surface area contributed by atoms with Gasteiger partial charge in [0.1, 0.15) is 11.6 Å². The van der Waals surface area contributed by atoms with Crippen LogP contribution in [0.25, 0.3) is 0 Å². The third-order valence-corrected chi connectivity index (χ3v) is 7.81. The Bertz CT molecular complexity index is 1020. The highest BCUT2D eigenvalue weighted by molar-refractivity contribution is 6.00. The summed E-state index contributed by atoms with van der Waals surface area (Å²) in [6, 6.07) is 18.7. The number of carbonyl (C=O) groups excluding carboxylic acids is 2. The van der Waals surface area contributed by atoms with E-state index in [0.29, 0.717) is 31.7 Å². The Morgan fingerprint density at radius 1 is 0.974 bits per heavy atom. The van der Waals surface area contributed by atoms with Crippen LogP contribution in [0.1, 0.15) is 58.4 Å². The number of anilines is 2. The zero-order valence-corrected chi connectivity index (χ0v) is 24.8. The number of hydrogen-bond donors (Lipinski definition) is 1. The van der Waals surface area contributed by atoms with E-state index in [9.17, 15) is 9.59 Å². The van der Waals surface area contributed by atoms with E-state index >= 15 is 0 Å². The molecule has 0 aromatic heterocycles. The number of nitrogens with zero attached hydrogens (tertiary/aromatic N) is 3. The summed E-state index contributed by atoms with van der Waals surface area (Å²) in [6.07, 6.45) is 4.03. The third-order valence-electron chi connectivity index (χ3n) is 7.81. The van der Waals surface area contributed by atoms with Crippen molar-refractivity contribution in [3.63, 3.8) is 0 Å². The fraction of sp³-hybridized carbons (Fsp3) is 0.533. The molecule has 4 rings (SSSR count). The molecule has 2 aromatic carbocycles. The molecule has 2 heterocycles. The summed E-state index contributed by atoms with van der Waals surface area (Å²) in [6.45, 7) is 9.49. The van der Waals surface area contributed by atoms with Crippen LogP contribution in [-0.2, 0) is 16.1 Å². The molecule has 38 heavy (non-hydrogen) atoms. The quantitative estimate of drug-likeness (QED) is 0.419. The van der Waals surface area contributed by atoms with Crippen molar-refractivity contribution in [2.45, 2.75) is 71.0 Å². The summed E-state index contributed by atoms with van der Waals surface area (Å²) in [5, 5.41) is 3.11. The number of para-hydroxylation sites is 1. The lowest BCUT2D eigenvalue weighted by Crippen LogP contribution is -2.73. The molecule has 2 aliphatic heterocycles. The third kappa shape index (κ3) is 7.02. The minimum absolute atomic E-state index is 0. The summed E-state index contributed by atoms with van der Waals surface area (Å²) in [5.41, 5.74) is 2.89. The van der Waals surface area contributed by atoms with E-state index in [-0.39, 0.29) is 42.7 Å². The van der Waals surface area contributed by atoms with Crippen molar-refractivity contribution in [1.29, 1.82) is 0 Å². The Balaban J connectivity index is 0.00000253. The highest BCUT2D eigenvalue weighted by atomic mass is 35.5. The number of piperazine rings is 1. The molecule has 0 saturated carbocycles. The van der Waals surface area contributed by atoms with E-state index in [1.54, 1.807) is 0 Å². The number of unbranched alkanes of at least 4 members (excludes halogenated alkanes) is 1. The molecule has 210 valence electrons. The predicted octanol–water partition coefficient (Wildman–Crippen LogP) is 5.81. The molecule has 2 fully saturated rings. The van der Waals surface area contributed by atoms with Gasteiger partial charge in [-0.1, -0.05) is 57.5 Å². The molecule has 6 nitrogen and oxygen atoms in total. The first kappa shape index (κ1) is 31.9. The minimum atomic E-state index is -0.696. The Kier molecular flexibility index (Phi) is 11.9. The Morgan fingerprint density at radius 3 is 2.16 bits per heavy atom. The van der Waals surface area contributed by atoms with Gasteiger partial charge in [0, 0.05) is 44.6 Å². The number of likely N-dealkylation sites (tertiary alicyclic amines) is 1. The number of hydrogen-bond acceptors (Lipinski definition) is 4. The Morgan fingerprint density at radius 2 is 1.58 bits per heavy atom. The van der Waals surface area contributed by atoms with Gasteiger partial charge in [-0.05, 0) is 61.4 Å². The van der Waals surface area contributed by atoms with Crippen molar-refractivity contribution in [2.75, 3.05) is 31.6 Å². The Labute approximate surface area is 241 Å². The number of benzene rings is 2. The maximum atomic E-state index is 13.4. The van der Waals surface area contributed by atoms with Crippen LogP contribution in [0.2, 0.25) is 0 Å². The van der Waals surface area contributed by atoms with E-state index in [1.807, 2.05) is 11.0 Å². The van der Waals surface area contributed by atoms with Gasteiger partial charge in [-0.2, -0.15) is 0 Å². The van der Waals surface area contributed by atoms with E-state index < -0.39 is 5.54 Å². The molecule has 0 bridgehead atoms. The molecular weight excluding hydrogens is 519 g/mol. The van der Waals surface area contributed by atoms with Crippen LogP contribution < -0.4 is 10.2 Å². The zero-order valence-electron chi connectivity index (χ0n) is 23.2. The van der Waals surface area contributed by atoms with Crippen molar-refractivity contribution in [2.24, 2.45) is 5.92 Å². The molecule has 2 aromatic rings. The Hall–Kier alpha value is -2.28. The first-order valence-electron chi connectivity index (χ1n) is 13.6. The van der Waals surface area contributed by atoms with Gasteiger partial charge in [-0.3, -0.25) is 14.5 Å². The van der Waals surface area contributed by atoms with Gasteiger partial charge in [-0.15, -0.1) is 24.8 Å². The van der Waals surface area contributed by atoms with E-state index in [1.165, 1.54) is 5.56 Å². The van der Waals surface area contributed by atoms with Gasteiger partial charge >= 0.3 is 0 Å². The SMILES string of the molecule is CCCCN1C(=O)C(CC(C)C)NC(=O)C12CCN(Cc1ccc(N(C)c3ccccc3)cc1)CC2.Cl.Cl. The van der Waals surface area contributed by atoms with Crippen LogP contribution in [0.3, 0.4) is 0 Å². The van der Waals surface area contributed by atoms with Crippen molar-refractivity contribution >= 4 is 48.0 Å². The summed E-state index contributed by atoms with van der Waals surface area (Å²) in [7, 11) is 2.08. The molecule has 2 amide bonds. The average Bonchev–Trinajstić information content (AvgIpc) is 2.89. The van der Waals surface area contributed by atoms with E-state index in [0.717, 1.165) is 43.9 Å². The molecule has 2 aliphatic rings. The van der Waals surface area contributed by atoms with Crippen LogP contribution in [0.4, 0.5) is 11.4 Å². The average molecular weight is 564 g/mol. The van der Waals surface area contributed by atoms with Crippen LogP contribution >= 0.6 is 24.8 Å². The van der Waals surface area contributed by atoms with Crippen molar-refractivity contribution in [3.05, 3.63) is 60.2 Å². The molecule has 1 unspecified atom stereocenters. The first-order valence-corrected chi connectivity index (χ1v) is 13.6. The second-order valence-corrected chi connectivity index (χ2v) is 10.9. The number of carbonyl (C=O) groups is 2. The van der Waals surface area contributed by atoms with Gasteiger partial charge < -0.3 is 15.1 Å². The van der Waals surface area contributed by atoms with Gasteiger partial charge in [0.05, 0.1) is 0 Å². The normalized spacial score (nSPS) is 19.1. The molecule has 8 heteroatoms. The lowest BCUT2D eigenvalue weighted by molar-refractivity contribution is -0.161. The van der Waals surface area contributed by atoms with Crippen LogP contribution in [0.15, 0.2) is 54.6 Å². The lowest BCUT2D eigenvalue weighted by Gasteiger charge is -2.52. The number of piperidine rings is 1. The van der Waals surface area contributed by atoms with Crippen molar-refractivity contribution < 1.29 is 9.59 Å². The smallest absolute Gasteiger partial charge is 0.246 e. The van der Waals surface area contributed by atoms with Crippen LogP contribution in [0.5, 0.6) is 0 Å². The highest BCUT2D eigenvalue weighted by Crippen LogP contribution is 2.35. The standard InChI is InChI=1S/C30H42N4O2.2ClH/c1-5-6-18-34-28(35)27(21-23(2)3)31-29(36)30(34)16-19-33(20-17-30)22-24-12-14-26(15-13-24)32(4)25-10-8-7-9-11-25;;/h7-15,23,27H,5-6,16-22H2,1-4H3,(H,31,36);2*1H. The molecule has 2 saturated heterocycles. The zero-order chi connectivity index (χ0) is 25.7. The second kappa shape index (κ2) is 14.2. The molecule has 0 radical (unpaired) electrons. The fourth-order valence-electron chi connectivity index (χ4n) is 5.61. The van der Waals surface area contributed by atoms with Crippen LogP contribution in [-0.4, -0.2) is 59.9 Å². The predicted molar refractivity (Wildman–Crippen MR) is 161 cm³/mol. The minimum Gasteiger partial charge on any atom is -0.345 e. The number of halogens is 2. The van der Waals surface area contributed by atoms with Gasteiger partial charge in [0.15, 0.2) is 0 Å². The maximum absolute atomic E-state index is 13.4. The lowest BCUT2D eigenvalue weighted by atomic mass is 9.80. The summed E-state index contributed by atoms with van der Waals surface area (Å²) in [5.74, 6) is 0.530. The monoisotopic (exact) mass is 562 g/mol. The van der Waals surface area contributed by atoms with Crippen molar-refractivity contribution in [3.8, 4) is 0 Å². The van der Waals surface area contributed by atoms with Gasteiger partial charge in [0.25, 0.3) is 0 Å². The summed E-state index contributed by atoms with van der Waals surface area (Å²) >= 11 is 0. The molecule has 0 aliphatic carbocycles. The molecular formula is C30H44Cl2N4O2. The number of nitrogens with one attached hydrogen (secondary N) is 1. The van der Waals surface area contributed by atoms with Gasteiger partial charge in [0.2, 0.25) is 11.8 Å². The van der Waals surface area contributed by atoms with Crippen LogP contribution in [0, 0.1) is 5.92 Å². The second-order valence-electron chi connectivity index (χ2n) is 10.9. The number of rotatable bonds is 9. The topological polar surface area (TPSA) is 55.9 Å². The van der Waals surface area contributed by atoms with E-state index in [4.69, 9.17) is 0 Å². The molecule has 1 atom stereocenters. The maximum Gasteiger partial charge on any atom is 0.246 e. The summed E-state index contributed by atoms with van der Waals surface area (Å²) < 4.78 is 0. The molecule has 1 N–H and O–H groups in total. The first-order chi connectivity index (χ1) is 17.3. The highest BCUT2D eigenvalue weighted by Gasteiger charge is 2.53. The largest absolute Gasteiger partial charge is 0.345 e. The summed E-state index contributed by atoms with van der Waals surface area (Å²) in [4.78, 5) is 33.4. The number of amides is 2. The van der Waals surface area contributed by atoms with E-state index in [2.05, 4.69) is 91.5 Å². The van der Waals surface area contributed by atoms with Crippen molar-refractivity contribution in [1.82, 2.24) is 15.1 Å². The molecule has 1 spiro atoms.